The van der Waals surface area contributed by atoms with E-state index in [9.17, 15) is 4.79 Å². The van der Waals surface area contributed by atoms with Crippen LogP contribution in [0.15, 0.2) is 30.3 Å². The molecule has 0 aliphatic carbocycles. The van der Waals surface area contributed by atoms with E-state index in [2.05, 4.69) is 66.2 Å². The Morgan fingerprint density at radius 3 is 2.23 bits per heavy atom. The van der Waals surface area contributed by atoms with E-state index in [1.807, 2.05) is 0 Å². The molecular weight excluding hydrogens is 274 g/mol. The van der Waals surface area contributed by atoms with Gasteiger partial charge in [-0.15, -0.1) is 0 Å². The molecule has 0 aromatic heterocycles. The zero-order valence-corrected chi connectivity index (χ0v) is 14.1. The molecule has 1 aromatic rings. The second-order valence-corrected chi connectivity index (χ2v) is 6.64. The van der Waals surface area contributed by atoms with Crippen LogP contribution in [0, 0.1) is 5.92 Å². The molecule has 0 spiro atoms. The highest BCUT2D eigenvalue weighted by atomic mass is 16.2. The third kappa shape index (κ3) is 5.43. The lowest BCUT2D eigenvalue weighted by molar-refractivity contribution is -0.123. The molecule has 1 aromatic carbocycles. The van der Waals surface area contributed by atoms with Gasteiger partial charge in [0.15, 0.2) is 0 Å². The highest BCUT2D eigenvalue weighted by molar-refractivity contribution is 5.78. The van der Waals surface area contributed by atoms with Crippen LogP contribution in [0.3, 0.4) is 0 Å². The summed E-state index contributed by atoms with van der Waals surface area (Å²) >= 11 is 0. The Labute approximate surface area is 134 Å². The molecule has 22 heavy (non-hydrogen) atoms. The number of nitrogens with zero attached hydrogens (tertiary/aromatic N) is 2. The van der Waals surface area contributed by atoms with E-state index in [1.54, 1.807) is 0 Å². The first-order chi connectivity index (χ1) is 10.5. The topological polar surface area (TPSA) is 35.6 Å². The fourth-order valence-electron chi connectivity index (χ4n) is 2.62. The van der Waals surface area contributed by atoms with E-state index < -0.39 is 0 Å². The van der Waals surface area contributed by atoms with E-state index >= 15 is 0 Å². The minimum Gasteiger partial charge on any atom is -0.352 e. The first-order valence-corrected chi connectivity index (χ1v) is 8.32. The molecule has 1 N–H and O–H groups in total. The maximum Gasteiger partial charge on any atom is 0.234 e. The molecule has 0 radical (unpaired) electrons. The van der Waals surface area contributed by atoms with E-state index in [4.69, 9.17) is 0 Å². The molecule has 1 heterocycles. The van der Waals surface area contributed by atoms with Crippen LogP contribution >= 0.6 is 0 Å². The van der Waals surface area contributed by atoms with Crippen LogP contribution < -0.4 is 5.32 Å². The van der Waals surface area contributed by atoms with E-state index in [-0.39, 0.29) is 11.9 Å². The van der Waals surface area contributed by atoms with Crippen LogP contribution in [0.25, 0.3) is 0 Å². The Bertz CT molecular complexity index is 453. The van der Waals surface area contributed by atoms with Crippen molar-refractivity contribution in [3.63, 3.8) is 0 Å². The second kappa shape index (κ2) is 8.30. The van der Waals surface area contributed by atoms with Crippen molar-refractivity contribution >= 4 is 5.91 Å². The lowest BCUT2D eigenvalue weighted by Crippen LogP contribution is -2.50. The smallest absolute Gasteiger partial charge is 0.234 e. The average Bonchev–Trinajstić information content (AvgIpc) is 2.50. The predicted octanol–water partition coefficient (Wildman–Crippen LogP) is 1.96. The summed E-state index contributed by atoms with van der Waals surface area (Å²) in [4.78, 5) is 16.7. The van der Waals surface area contributed by atoms with Crippen molar-refractivity contribution in [2.45, 2.75) is 33.4 Å². The van der Waals surface area contributed by atoms with Crippen LogP contribution in [0.4, 0.5) is 0 Å². The Balaban J connectivity index is 1.70. The van der Waals surface area contributed by atoms with Crippen molar-refractivity contribution in [3.8, 4) is 0 Å². The van der Waals surface area contributed by atoms with Gasteiger partial charge >= 0.3 is 0 Å². The van der Waals surface area contributed by atoms with Crippen molar-refractivity contribution in [1.82, 2.24) is 15.1 Å². The highest BCUT2D eigenvalue weighted by Gasteiger charge is 2.20. The summed E-state index contributed by atoms with van der Waals surface area (Å²) in [5.74, 6) is 0.629. The van der Waals surface area contributed by atoms with Gasteiger partial charge in [0, 0.05) is 38.8 Å². The minimum absolute atomic E-state index is 0.151. The number of carbonyl (C=O) groups excluding carboxylic acids is 1. The Hall–Kier alpha value is -1.39. The van der Waals surface area contributed by atoms with Gasteiger partial charge in [0.05, 0.1) is 6.54 Å². The quantitative estimate of drug-likeness (QED) is 0.873. The number of nitrogens with one attached hydrogen (secondary N) is 1. The molecule has 4 heteroatoms. The molecule has 1 amide bonds. The fourth-order valence-corrected chi connectivity index (χ4v) is 2.62. The van der Waals surface area contributed by atoms with E-state index in [0.29, 0.717) is 12.5 Å². The van der Waals surface area contributed by atoms with E-state index in [0.717, 1.165) is 32.7 Å². The largest absolute Gasteiger partial charge is 0.352 e. The summed E-state index contributed by atoms with van der Waals surface area (Å²) in [6.45, 7) is 11.9. The summed E-state index contributed by atoms with van der Waals surface area (Å²) in [6, 6.07) is 10.8. The van der Waals surface area contributed by atoms with Gasteiger partial charge in [-0.1, -0.05) is 44.2 Å². The zero-order valence-electron chi connectivity index (χ0n) is 14.1. The summed E-state index contributed by atoms with van der Waals surface area (Å²) in [5, 5.41) is 3.08. The van der Waals surface area contributed by atoms with Gasteiger partial charge < -0.3 is 5.32 Å². The molecule has 4 nitrogen and oxygen atoms in total. The molecule has 1 unspecified atom stereocenters. The van der Waals surface area contributed by atoms with E-state index in [1.165, 1.54) is 5.56 Å². The number of hydrogen-bond acceptors (Lipinski definition) is 3. The number of benzene rings is 1. The molecule has 1 saturated heterocycles. The van der Waals surface area contributed by atoms with Crippen molar-refractivity contribution in [2.24, 2.45) is 5.92 Å². The Morgan fingerprint density at radius 2 is 1.64 bits per heavy atom. The molecule has 122 valence electrons. The molecule has 1 atom stereocenters. The number of amides is 1. The maximum absolute atomic E-state index is 12.0. The summed E-state index contributed by atoms with van der Waals surface area (Å²) in [7, 11) is 0. The van der Waals surface area contributed by atoms with Gasteiger partial charge in [0.2, 0.25) is 5.91 Å². The van der Waals surface area contributed by atoms with Crippen LogP contribution in [0.2, 0.25) is 0 Å². The highest BCUT2D eigenvalue weighted by Crippen LogP contribution is 2.08. The van der Waals surface area contributed by atoms with Gasteiger partial charge in [0.25, 0.3) is 0 Å². The molecule has 0 saturated carbocycles. The SMILES string of the molecule is CC(C)C(C)NC(=O)CN1CCN(Cc2ccccc2)CC1. The van der Waals surface area contributed by atoms with Crippen molar-refractivity contribution < 1.29 is 4.79 Å². The summed E-state index contributed by atoms with van der Waals surface area (Å²) < 4.78 is 0. The van der Waals surface area contributed by atoms with Gasteiger partial charge in [-0.3, -0.25) is 14.6 Å². The van der Waals surface area contributed by atoms with Crippen molar-refractivity contribution in [3.05, 3.63) is 35.9 Å². The third-order valence-corrected chi connectivity index (χ3v) is 4.47. The Kier molecular flexibility index (Phi) is 6.40. The maximum atomic E-state index is 12.0. The molecule has 1 fully saturated rings. The molecular formula is C18H29N3O. The van der Waals surface area contributed by atoms with Crippen molar-refractivity contribution in [1.29, 1.82) is 0 Å². The lowest BCUT2D eigenvalue weighted by atomic mass is 10.1. The molecule has 0 bridgehead atoms. The summed E-state index contributed by atoms with van der Waals surface area (Å²) in [6.07, 6.45) is 0. The number of carbonyl (C=O) groups is 1. The standard InChI is InChI=1S/C18H29N3O/c1-15(2)16(3)19-18(22)14-21-11-9-20(10-12-21)13-17-7-5-4-6-8-17/h4-8,15-16H,9-14H2,1-3H3,(H,19,22). The minimum atomic E-state index is 0.151. The van der Waals surface area contributed by atoms with Gasteiger partial charge in [0.1, 0.15) is 0 Å². The number of rotatable bonds is 6. The number of piperazine rings is 1. The van der Waals surface area contributed by atoms with Crippen LogP contribution in [0.1, 0.15) is 26.3 Å². The monoisotopic (exact) mass is 303 g/mol. The first kappa shape index (κ1) is 17.0. The Morgan fingerprint density at radius 1 is 1.05 bits per heavy atom. The normalized spacial score (nSPS) is 18.4. The molecule has 1 aliphatic heterocycles. The third-order valence-electron chi connectivity index (χ3n) is 4.47. The van der Waals surface area contributed by atoms with Gasteiger partial charge in [-0.2, -0.15) is 0 Å². The zero-order chi connectivity index (χ0) is 15.9. The van der Waals surface area contributed by atoms with Crippen LogP contribution in [-0.2, 0) is 11.3 Å². The molecule has 2 rings (SSSR count). The second-order valence-electron chi connectivity index (χ2n) is 6.64. The lowest BCUT2D eigenvalue weighted by Gasteiger charge is -2.34. The first-order valence-electron chi connectivity index (χ1n) is 8.32. The van der Waals surface area contributed by atoms with Crippen molar-refractivity contribution in [2.75, 3.05) is 32.7 Å². The van der Waals surface area contributed by atoms with Gasteiger partial charge in [-0.25, -0.2) is 0 Å². The van der Waals surface area contributed by atoms with Gasteiger partial charge in [-0.05, 0) is 18.4 Å². The average molecular weight is 303 g/mol. The van der Waals surface area contributed by atoms with Crippen LogP contribution in [-0.4, -0.2) is 54.5 Å². The fraction of sp³-hybridized carbons (Fsp3) is 0.611. The molecule has 1 aliphatic rings. The van der Waals surface area contributed by atoms with Crippen LogP contribution in [0.5, 0.6) is 0 Å². The number of hydrogen-bond donors (Lipinski definition) is 1. The summed E-state index contributed by atoms with van der Waals surface area (Å²) in [5.41, 5.74) is 1.36. The predicted molar refractivity (Wildman–Crippen MR) is 90.6 cm³/mol.